The predicted molar refractivity (Wildman–Crippen MR) is 106 cm³/mol. The smallest absolute Gasteiger partial charge is 0.409 e. The Labute approximate surface area is 168 Å². The van der Waals surface area contributed by atoms with Crippen LogP contribution in [0.1, 0.15) is 52.4 Å². The predicted octanol–water partition coefficient (Wildman–Crippen LogP) is 2.58. The van der Waals surface area contributed by atoms with Gasteiger partial charge in [-0.05, 0) is 69.6 Å². The first kappa shape index (κ1) is 18.7. The number of piperidine rings is 2. The molecule has 2 aliphatic carbocycles. The van der Waals surface area contributed by atoms with Crippen molar-refractivity contribution >= 4 is 12.0 Å². The lowest BCUT2D eigenvalue weighted by atomic mass is 9.64. The monoisotopic (exact) mass is 389 g/mol. The molecule has 0 radical (unpaired) electrons. The maximum atomic E-state index is 13.0. The van der Waals surface area contributed by atoms with E-state index in [0.29, 0.717) is 47.8 Å². The van der Waals surface area contributed by atoms with Crippen LogP contribution in [-0.4, -0.2) is 78.1 Å². The number of fused-ring (bicyclic) bond motifs is 1. The first-order valence-corrected chi connectivity index (χ1v) is 11.5. The van der Waals surface area contributed by atoms with Crippen LogP contribution >= 0.6 is 0 Å². The third kappa shape index (κ3) is 3.03. The SMILES string of the molecule is CCOC(=O)N1CCC2(CC(N3C[C@@H]4C(C(=O)N5CCCC[C@@H]5C)[C@@H]4C3)C2)C1. The largest absolute Gasteiger partial charge is 0.450 e. The van der Waals surface area contributed by atoms with Crippen LogP contribution in [0.15, 0.2) is 0 Å². The number of carbonyl (C=O) groups excluding carboxylic acids is 2. The van der Waals surface area contributed by atoms with Crippen LogP contribution in [-0.2, 0) is 9.53 Å². The van der Waals surface area contributed by atoms with Crippen LogP contribution in [0.3, 0.4) is 0 Å². The van der Waals surface area contributed by atoms with Gasteiger partial charge in [-0.1, -0.05) is 0 Å². The Morgan fingerprint density at radius 1 is 1.11 bits per heavy atom. The molecule has 3 heterocycles. The number of likely N-dealkylation sites (tertiary alicyclic amines) is 3. The molecule has 0 aromatic heterocycles. The van der Waals surface area contributed by atoms with Crippen molar-refractivity contribution in [3.63, 3.8) is 0 Å². The quantitative estimate of drug-likeness (QED) is 0.744. The summed E-state index contributed by atoms with van der Waals surface area (Å²) in [6.45, 7) is 9.47. The Balaban J connectivity index is 1.09. The zero-order valence-electron chi connectivity index (χ0n) is 17.4. The third-order valence-electron chi connectivity index (χ3n) is 8.41. The fourth-order valence-electron chi connectivity index (χ4n) is 6.68. The Kier molecular flexibility index (Phi) is 4.61. The fourth-order valence-corrected chi connectivity index (χ4v) is 6.68. The Hall–Kier alpha value is -1.30. The molecule has 0 N–H and O–H groups in total. The lowest BCUT2D eigenvalue weighted by Gasteiger charge is -2.49. The van der Waals surface area contributed by atoms with E-state index in [-0.39, 0.29) is 6.09 Å². The molecule has 0 aromatic carbocycles. The molecule has 28 heavy (non-hydrogen) atoms. The second-order valence-corrected chi connectivity index (χ2v) is 10.1. The van der Waals surface area contributed by atoms with Crippen molar-refractivity contribution in [2.24, 2.45) is 23.2 Å². The summed E-state index contributed by atoms with van der Waals surface area (Å²) in [7, 11) is 0. The van der Waals surface area contributed by atoms with Crippen LogP contribution < -0.4 is 0 Å². The summed E-state index contributed by atoms with van der Waals surface area (Å²) in [5.41, 5.74) is 0.336. The van der Waals surface area contributed by atoms with Crippen molar-refractivity contribution in [2.75, 3.05) is 39.3 Å². The highest BCUT2D eigenvalue weighted by atomic mass is 16.6. The summed E-state index contributed by atoms with van der Waals surface area (Å²) in [5.74, 6) is 1.99. The highest BCUT2D eigenvalue weighted by Gasteiger charge is 2.63. The molecule has 3 aliphatic heterocycles. The minimum Gasteiger partial charge on any atom is -0.450 e. The molecule has 3 saturated heterocycles. The van der Waals surface area contributed by atoms with Gasteiger partial charge in [-0.2, -0.15) is 0 Å². The van der Waals surface area contributed by atoms with E-state index in [4.69, 9.17) is 4.74 Å². The van der Waals surface area contributed by atoms with Crippen molar-refractivity contribution in [2.45, 2.75) is 64.5 Å². The number of amides is 2. The second-order valence-electron chi connectivity index (χ2n) is 10.1. The van der Waals surface area contributed by atoms with Crippen molar-refractivity contribution < 1.29 is 14.3 Å². The van der Waals surface area contributed by atoms with Crippen LogP contribution in [0.4, 0.5) is 4.79 Å². The lowest BCUT2D eigenvalue weighted by molar-refractivity contribution is -0.137. The van der Waals surface area contributed by atoms with Crippen LogP contribution in [0.2, 0.25) is 0 Å². The molecule has 2 amide bonds. The molecule has 4 atom stereocenters. The van der Waals surface area contributed by atoms with Crippen LogP contribution in [0.5, 0.6) is 0 Å². The molecule has 156 valence electrons. The number of nitrogens with zero attached hydrogens (tertiary/aromatic N) is 3. The average Bonchev–Trinajstić information content (AvgIpc) is 3.00. The molecule has 5 fully saturated rings. The number of rotatable bonds is 3. The second kappa shape index (κ2) is 6.89. The van der Waals surface area contributed by atoms with Crippen LogP contribution in [0, 0.1) is 23.2 Å². The van der Waals surface area contributed by atoms with E-state index in [1.807, 2.05) is 11.8 Å². The van der Waals surface area contributed by atoms with Gasteiger partial charge in [-0.25, -0.2) is 4.79 Å². The van der Waals surface area contributed by atoms with E-state index in [1.165, 1.54) is 32.1 Å². The van der Waals surface area contributed by atoms with Gasteiger partial charge in [0.15, 0.2) is 0 Å². The van der Waals surface area contributed by atoms with Gasteiger partial charge >= 0.3 is 6.09 Å². The summed E-state index contributed by atoms with van der Waals surface area (Å²) in [4.78, 5) is 31.7. The van der Waals surface area contributed by atoms with Gasteiger partial charge in [-0.15, -0.1) is 0 Å². The number of hydrogen-bond donors (Lipinski definition) is 0. The molecular formula is C22H35N3O3. The topological polar surface area (TPSA) is 53.1 Å². The highest BCUT2D eigenvalue weighted by Crippen LogP contribution is 2.57. The van der Waals surface area contributed by atoms with Crippen molar-refractivity contribution in [1.82, 2.24) is 14.7 Å². The molecule has 0 aromatic rings. The zero-order valence-corrected chi connectivity index (χ0v) is 17.4. The number of ether oxygens (including phenoxy) is 1. The van der Waals surface area contributed by atoms with E-state index < -0.39 is 0 Å². The minimum atomic E-state index is -0.140. The molecule has 5 rings (SSSR count). The Morgan fingerprint density at radius 2 is 1.86 bits per heavy atom. The van der Waals surface area contributed by atoms with Crippen molar-refractivity contribution in [3.8, 4) is 0 Å². The average molecular weight is 390 g/mol. The summed E-state index contributed by atoms with van der Waals surface area (Å²) < 4.78 is 5.17. The summed E-state index contributed by atoms with van der Waals surface area (Å²) in [6.07, 6.45) is 7.03. The summed E-state index contributed by atoms with van der Waals surface area (Å²) in [6, 6.07) is 1.11. The van der Waals surface area contributed by atoms with E-state index in [1.54, 1.807) is 0 Å². The van der Waals surface area contributed by atoms with E-state index in [9.17, 15) is 9.59 Å². The lowest BCUT2D eigenvalue weighted by Crippen LogP contribution is -2.52. The number of hydrogen-bond acceptors (Lipinski definition) is 4. The van der Waals surface area contributed by atoms with E-state index in [0.717, 1.165) is 39.1 Å². The van der Waals surface area contributed by atoms with Gasteiger partial charge in [-0.3, -0.25) is 9.69 Å². The van der Waals surface area contributed by atoms with Gasteiger partial charge < -0.3 is 14.5 Å². The van der Waals surface area contributed by atoms with Gasteiger partial charge in [0.2, 0.25) is 5.91 Å². The molecule has 2 saturated carbocycles. The van der Waals surface area contributed by atoms with Crippen LogP contribution in [0.25, 0.3) is 0 Å². The maximum absolute atomic E-state index is 13.0. The molecule has 6 heteroatoms. The molecule has 5 aliphatic rings. The first-order valence-electron chi connectivity index (χ1n) is 11.5. The highest BCUT2D eigenvalue weighted by molar-refractivity contribution is 5.83. The third-order valence-corrected chi connectivity index (χ3v) is 8.41. The minimum absolute atomic E-state index is 0.140. The molecule has 1 spiro atoms. The number of carbonyl (C=O) groups is 2. The Morgan fingerprint density at radius 3 is 2.54 bits per heavy atom. The van der Waals surface area contributed by atoms with E-state index in [2.05, 4.69) is 16.7 Å². The van der Waals surface area contributed by atoms with E-state index >= 15 is 0 Å². The standard InChI is InChI=1S/C22H35N3O3/c1-3-28-21(27)23-9-7-22(14-23)10-16(11-22)24-12-17-18(13-24)19(17)20(26)25-8-5-4-6-15(25)2/h15-19H,3-14H2,1-2H3/t15-,16?,17-,18+,19?,22?/m0/s1. The summed E-state index contributed by atoms with van der Waals surface area (Å²) >= 11 is 0. The molecule has 1 unspecified atom stereocenters. The van der Waals surface area contributed by atoms with Crippen molar-refractivity contribution in [1.29, 1.82) is 0 Å². The molecule has 0 bridgehead atoms. The van der Waals surface area contributed by atoms with Gasteiger partial charge in [0.1, 0.15) is 0 Å². The zero-order chi connectivity index (χ0) is 19.5. The fraction of sp³-hybridized carbons (Fsp3) is 0.909. The van der Waals surface area contributed by atoms with Gasteiger partial charge in [0, 0.05) is 50.7 Å². The Bertz CT molecular complexity index is 635. The van der Waals surface area contributed by atoms with Crippen molar-refractivity contribution in [3.05, 3.63) is 0 Å². The van der Waals surface area contributed by atoms with Gasteiger partial charge in [0.05, 0.1) is 6.61 Å². The molecular weight excluding hydrogens is 354 g/mol. The maximum Gasteiger partial charge on any atom is 0.409 e. The first-order chi connectivity index (χ1) is 13.5. The molecule has 6 nitrogen and oxygen atoms in total. The van der Waals surface area contributed by atoms with Gasteiger partial charge in [0.25, 0.3) is 0 Å². The normalized spacial score (nSPS) is 42.4. The summed E-state index contributed by atoms with van der Waals surface area (Å²) in [5, 5.41) is 0.